The highest BCUT2D eigenvalue weighted by Gasteiger charge is 2.11. The molecule has 1 atom stereocenters. The van der Waals surface area contributed by atoms with E-state index in [4.69, 9.17) is 28.9 Å². The minimum atomic E-state index is -0.0632. The molecule has 0 aliphatic rings. The largest absolute Gasteiger partial charge is 0.370 e. The molecule has 2 aromatic rings. The SMILES string of the molecule is Cc1nc(CN=C(N)NC(C)c2ccc(Cl)cc2Cl)c(C)s1.I. The number of guanidine groups is 1. The van der Waals surface area contributed by atoms with Gasteiger partial charge in [-0.1, -0.05) is 29.3 Å². The minimum absolute atomic E-state index is 0. The molecule has 0 aliphatic heterocycles. The average molecular weight is 485 g/mol. The van der Waals surface area contributed by atoms with Crippen molar-refractivity contribution < 1.29 is 0 Å². The zero-order valence-electron chi connectivity index (χ0n) is 13.1. The Morgan fingerprint density at radius 2 is 2.09 bits per heavy atom. The van der Waals surface area contributed by atoms with E-state index in [1.54, 1.807) is 23.5 Å². The first-order valence-electron chi connectivity index (χ1n) is 6.81. The van der Waals surface area contributed by atoms with Gasteiger partial charge >= 0.3 is 0 Å². The Hall–Kier alpha value is -0.570. The molecule has 1 aromatic heterocycles. The number of nitrogens with zero attached hydrogens (tertiary/aromatic N) is 2. The number of nitrogens with two attached hydrogens (primary N) is 1. The van der Waals surface area contributed by atoms with Gasteiger partial charge in [0, 0.05) is 14.9 Å². The maximum atomic E-state index is 6.19. The molecule has 2 rings (SSSR count). The van der Waals surface area contributed by atoms with Gasteiger partial charge in [-0.15, -0.1) is 35.3 Å². The van der Waals surface area contributed by atoms with Gasteiger partial charge in [0.15, 0.2) is 5.96 Å². The van der Waals surface area contributed by atoms with Crippen molar-refractivity contribution in [2.24, 2.45) is 10.7 Å². The molecular formula is C15H19Cl2IN4S. The van der Waals surface area contributed by atoms with Crippen LogP contribution in [-0.4, -0.2) is 10.9 Å². The number of hydrogen-bond donors (Lipinski definition) is 2. The summed E-state index contributed by atoms with van der Waals surface area (Å²) in [5.41, 5.74) is 7.83. The molecule has 1 aromatic carbocycles. The molecule has 0 saturated carbocycles. The van der Waals surface area contributed by atoms with E-state index in [1.165, 1.54) is 4.88 Å². The predicted octanol–water partition coefficient (Wildman–Crippen LogP) is 4.85. The number of halogens is 3. The molecule has 0 aliphatic carbocycles. The van der Waals surface area contributed by atoms with E-state index in [-0.39, 0.29) is 30.0 Å². The van der Waals surface area contributed by atoms with Gasteiger partial charge in [0.25, 0.3) is 0 Å². The van der Waals surface area contributed by atoms with Crippen LogP contribution in [0.3, 0.4) is 0 Å². The average Bonchev–Trinajstić information content (AvgIpc) is 2.74. The molecule has 1 unspecified atom stereocenters. The van der Waals surface area contributed by atoms with E-state index in [1.807, 2.05) is 26.8 Å². The number of aromatic nitrogens is 1. The highest BCUT2D eigenvalue weighted by Crippen LogP contribution is 2.26. The van der Waals surface area contributed by atoms with Gasteiger partial charge in [-0.25, -0.2) is 9.98 Å². The van der Waals surface area contributed by atoms with E-state index in [9.17, 15) is 0 Å². The first kappa shape index (κ1) is 20.5. The van der Waals surface area contributed by atoms with Crippen LogP contribution in [0, 0.1) is 13.8 Å². The second-order valence-electron chi connectivity index (χ2n) is 4.97. The van der Waals surface area contributed by atoms with Crippen LogP contribution in [0.4, 0.5) is 0 Å². The first-order chi connectivity index (χ1) is 10.4. The van der Waals surface area contributed by atoms with Crippen LogP contribution in [0.1, 0.15) is 34.1 Å². The van der Waals surface area contributed by atoms with Gasteiger partial charge in [0.1, 0.15) is 0 Å². The van der Waals surface area contributed by atoms with Gasteiger partial charge in [-0.2, -0.15) is 0 Å². The quantitative estimate of drug-likeness (QED) is 0.370. The van der Waals surface area contributed by atoms with Crippen molar-refractivity contribution in [1.82, 2.24) is 10.3 Å². The topological polar surface area (TPSA) is 63.3 Å². The molecule has 1 heterocycles. The highest BCUT2D eigenvalue weighted by atomic mass is 127. The van der Waals surface area contributed by atoms with Crippen molar-refractivity contribution in [2.45, 2.75) is 33.4 Å². The molecule has 0 radical (unpaired) electrons. The number of benzene rings is 1. The van der Waals surface area contributed by atoms with Crippen molar-refractivity contribution >= 4 is 64.5 Å². The summed E-state index contributed by atoms with van der Waals surface area (Å²) >= 11 is 13.8. The molecule has 0 fully saturated rings. The Morgan fingerprint density at radius 1 is 1.39 bits per heavy atom. The fraction of sp³-hybridized carbons (Fsp3) is 0.333. The lowest BCUT2D eigenvalue weighted by Crippen LogP contribution is -2.34. The zero-order valence-corrected chi connectivity index (χ0v) is 17.7. The van der Waals surface area contributed by atoms with Crippen molar-refractivity contribution in [1.29, 1.82) is 0 Å². The van der Waals surface area contributed by atoms with Gasteiger partial charge in [0.2, 0.25) is 0 Å². The van der Waals surface area contributed by atoms with Crippen LogP contribution in [0.2, 0.25) is 10.0 Å². The van der Waals surface area contributed by atoms with E-state index in [0.29, 0.717) is 22.5 Å². The maximum absolute atomic E-state index is 6.19. The van der Waals surface area contributed by atoms with Crippen LogP contribution in [0.25, 0.3) is 0 Å². The van der Waals surface area contributed by atoms with Crippen molar-refractivity contribution in [3.05, 3.63) is 49.4 Å². The zero-order chi connectivity index (χ0) is 16.3. The molecule has 4 nitrogen and oxygen atoms in total. The van der Waals surface area contributed by atoms with E-state index >= 15 is 0 Å². The van der Waals surface area contributed by atoms with Crippen molar-refractivity contribution in [3.8, 4) is 0 Å². The van der Waals surface area contributed by atoms with Crippen LogP contribution >= 0.6 is 58.5 Å². The molecule has 3 N–H and O–H groups in total. The summed E-state index contributed by atoms with van der Waals surface area (Å²) < 4.78 is 0. The minimum Gasteiger partial charge on any atom is -0.370 e. The smallest absolute Gasteiger partial charge is 0.189 e. The molecule has 0 bridgehead atoms. The summed E-state index contributed by atoms with van der Waals surface area (Å²) in [5, 5.41) is 5.38. The summed E-state index contributed by atoms with van der Waals surface area (Å²) in [6.45, 7) is 6.46. The monoisotopic (exact) mass is 484 g/mol. The summed E-state index contributed by atoms with van der Waals surface area (Å²) in [7, 11) is 0. The first-order valence-corrected chi connectivity index (χ1v) is 8.38. The van der Waals surface area contributed by atoms with Gasteiger partial charge in [0.05, 0.1) is 23.3 Å². The van der Waals surface area contributed by atoms with Gasteiger partial charge in [-0.05, 0) is 38.5 Å². The molecule has 0 spiro atoms. The van der Waals surface area contributed by atoms with E-state index in [0.717, 1.165) is 16.3 Å². The number of hydrogen-bond acceptors (Lipinski definition) is 3. The van der Waals surface area contributed by atoms with Gasteiger partial charge < -0.3 is 11.1 Å². The fourth-order valence-corrected chi connectivity index (χ4v) is 3.48. The molecule has 0 amide bonds. The Bertz CT molecular complexity index is 703. The number of thiazole rings is 1. The maximum Gasteiger partial charge on any atom is 0.189 e. The molecule has 0 saturated heterocycles. The normalized spacial score (nSPS) is 12.7. The van der Waals surface area contributed by atoms with E-state index in [2.05, 4.69) is 15.3 Å². The number of nitrogens with one attached hydrogen (secondary N) is 1. The second kappa shape index (κ2) is 9.05. The summed E-state index contributed by atoms with van der Waals surface area (Å²) in [4.78, 5) is 9.94. The Morgan fingerprint density at radius 3 is 2.65 bits per heavy atom. The van der Waals surface area contributed by atoms with Crippen LogP contribution in [0.5, 0.6) is 0 Å². The third-order valence-corrected chi connectivity index (χ3v) is 4.68. The molecular weight excluding hydrogens is 466 g/mol. The number of aliphatic imine (C=N–C) groups is 1. The fourth-order valence-electron chi connectivity index (χ4n) is 2.08. The second-order valence-corrected chi connectivity index (χ2v) is 7.22. The van der Waals surface area contributed by atoms with Crippen molar-refractivity contribution in [3.63, 3.8) is 0 Å². The van der Waals surface area contributed by atoms with E-state index < -0.39 is 0 Å². The van der Waals surface area contributed by atoms with Crippen LogP contribution < -0.4 is 11.1 Å². The summed E-state index contributed by atoms with van der Waals surface area (Å²) in [5.74, 6) is 0.364. The third kappa shape index (κ3) is 5.77. The lowest BCUT2D eigenvalue weighted by molar-refractivity contribution is 0.707. The lowest BCUT2D eigenvalue weighted by atomic mass is 10.1. The lowest BCUT2D eigenvalue weighted by Gasteiger charge is -2.16. The number of rotatable bonds is 4. The Kier molecular flexibility index (Phi) is 8.06. The summed E-state index contributed by atoms with van der Waals surface area (Å²) in [6.07, 6.45) is 0. The summed E-state index contributed by atoms with van der Waals surface area (Å²) in [6, 6.07) is 5.33. The predicted molar refractivity (Wildman–Crippen MR) is 110 cm³/mol. The van der Waals surface area contributed by atoms with Crippen molar-refractivity contribution in [2.75, 3.05) is 0 Å². The van der Waals surface area contributed by atoms with Crippen LogP contribution in [0.15, 0.2) is 23.2 Å². The molecule has 23 heavy (non-hydrogen) atoms. The standard InChI is InChI=1S/C15H18Cl2N4S.HI/c1-8(12-5-4-11(16)6-13(12)17)20-15(18)19-7-14-9(2)22-10(3)21-14;/h4-6,8H,7H2,1-3H3,(H3,18,19,20);1H. The Balaban J connectivity index is 0.00000264. The Labute approximate surface area is 167 Å². The third-order valence-electron chi connectivity index (χ3n) is 3.19. The molecule has 8 heteroatoms. The van der Waals surface area contributed by atoms with Gasteiger partial charge in [-0.3, -0.25) is 0 Å². The molecule has 126 valence electrons. The highest BCUT2D eigenvalue weighted by molar-refractivity contribution is 14.0. The van der Waals surface area contributed by atoms with Crippen LogP contribution in [-0.2, 0) is 6.54 Å². The number of aryl methyl sites for hydroxylation is 2.